The number of aromatic nitrogens is 2. The minimum atomic E-state index is -0.114. The van der Waals surface area contributed by atoms with Gasteiger partial charge in [-0.2, -0.15) is 0 Å². The van der Waals surface area contributed by atoms with Crippen LogP contribution in [-0.2, 0) is 6.54 Å². The third-order valence-corrected chi connectivity index (χ3v) is 6.35. The summed E-state index contributed by atoms with van der Waals surface area (Å²) >= 11 is 0. The highest BCUT2D eigenvalue weighted by Crippen LogP contribution is 2.26. The zero-order valence-electron chi connectivity index (χ0n) is 21.5. The van der Waals surface area contributed by atoms with E-state index in [1.165, 1.54) is 0 Å². The molecule has 2 N–H and O–H groups in total. The van der Waals surface area contributed by atoms with Gasteiger partial charge in [0.05, 0.1) is 11.0 Å². The smallest absolute Gasteiger partial charge is 0.254 e. The summed E-state index contributed by atoms with van der Waals surface area (Å²) in [5, 5.41) is 2.87. The molecule has 0 aliphatic rings. The molecule has 0 aliphatic heterocycles. The van der Waals surface area contributed by atoms with Crippen molar-refractivity contribution in [3.63, 3.8) is 0 Å². The zero-order chi connectivity index (χ0) is 25.7. The average molecular weight is 483 g/mol. The lowest BCUT2D eigenvalue weighted by atomic mass is 9.98. The van der Waals surface area contributed by atoms with Crippen LogP contribution in [0.5, 0.6) is 0 Å². The first-order valence-electron chi connectivity index (χ1n) is 12.6. The van der Waals surface area contributed by atoms with Gasteiger partial charge >= 0.3 is 0 Å². The summed E-state index contributed by atoms with van der Waals surface area (Å²) in [6.07, 6.45) is 1.74. The van der Waals surface area contributed by atoms with E-state index in [1.807, 2.05) is 24.8 Å². The van der Waals surface area contributed by atoms with Gasteiger partial charge in [0.15, 0.2) is 0 Å². The van der Waals surface area contributed by atoms with Gasteiger partial charge in [-0.3, -0.25) is 9.59 Å². The molecule has 0 fully saturated rings. The first kappa shape index (κ1) is 25.2. The summed E-state index contributed by atoms with van der Waals surface area (Å²) in [6, 6.07) is 19.6. The number of carbonyl (C=O) groups is 2. The Balaban J connectivity index is 1.56. The quantitative estimate of drug-likeness (QED) is 0.305. The van der Waals surface area contributed by atoms with Crippen molar-refractivity contribution < 1.29 is 9.59 Å². The summed E-state index contributed by atoms with van der Waals surface area (Å²) in [5.74, 6) is 0.754. The molecule has 0 saturated carbocycles. The molecule has 2 amide bonds. The molecule has 0 aliphatic carbocycles. The normalized spacial score (nSPS) is 11.0. The van der Waals surface area contributed by atoms with E-state index in [0.717, 1.165) is 52.0 Å². The SMILES string of the molecule is CCCNC(=O)c1ccc(C(=O)N(CCC)Cc2cc(-c3ccc4nc(C)[nH]c4c3)ccc2C)cc1. The predicted molar refractivity (Wildman–Crippen MR) is 145 cm³/mol. The molecule has 186 valence electrons. The highest BCUT2D eigenvalue weighted by molar-refractivity contribution is 5.97. The third-order valence-electron chi connectivity index (χ3n) is 6.35. The maximum Gasteiger partial charge on any atom is 0.254 e. The third kappa shape index (κ3) is 5.65. The van der Waals surface area contributed by atoms with Gasteiger partial charge in [-0.1, -0.05) is 32.0 Å². The second-order valence-electron chi connectivity index (χ2n) is 9.26. The van der Waals surface area contributed by atoms with Gasteiger partial charge in [0.1, 0.15) is 5.82 Å². The molecule has 0 spiro atoms. The highest BCUT2D eigenvalue weighted by Gasteiger charge is 2.18. The predicted octanol–water partition coefficient (Wildman–Crippen LogP) is 6.04. The van der Waals surface area contributed by atoms with Crippen molar-refractivity contribution in [3.8, 4) is 11.1 Å². The summed E-state index contributed by atoms with van der Waals surface area (Å²) in [4.78, 5) is 35.3. The molecule has 6 heteroatoms. The van der Waals surface area contributed by atoms with E-state index in [0.29, 0.717) is 30.8 Å². The van der Waals surface area contributed by atoms with Crippen LogP contribution >= 0.6 is 0 Å². The fraction of sp³-hybridized carbons (Fsp3) is 0.300. The van der Waals surface area contributed by atoms with E-state index < -0.39 is 0 Å². The second kappa shape index (κ2) is 11.2. The molecule has 36 heavy (non-hydrogen) atoms. The van der Waals surface area contributed by atoms with Crippen LogP contribution in [0.2, 0.25) is 0 Å². The van der Waals surface area contributed by atoms with E-state index in [9.17, 15) is 9.59 Å². The van der Waals surface area contributed by atoms with Crippen LogP contribution in [-0.4, -0.2) is 39.8 Å². The largest absolute Gasteiger partial charge is 0.352 e. The highest BCUT2D eigenvalue weighted by atomic mass is 16.2. The number of benzene rings is 3. The Labute approximate surface area is 212 Å². The van der Waals surface area contributed by atoms with Gasteiger partial charge in [0.25, 0.3) is 11.8 Å². The van der Waals surface area contributed by atoms with E-state index in [-0.39, 0.29) is 11.8 Å². The van der Waals surface area contributed by atoms with Crippen molar-refractivity contribution in [2.75, 3.05) is 13.1 Å². The Morgan fingerprint density at radius 3 is 2.31 bits per heavy atom. The monoisotopic (exact) mass is 482 g/mol. The van der Waals surface area contributed by atoms with Gasteiger partial charge in [-0.05, 0) is 91.4 Å². The van der Waals surface area contributed by atoms with E-state index >= 15 is 0 Å². The van der Waals surface area contributed by atoms with Gasteiger partial charge in [-0.25, -0.2) is 4.98 Å². The lowest BCUT2D eigenvalue weighted by Gasteiger charge is -2.24. The molecular formula is C30H34N4O2. The maximum absolute atomic E-state index is 13.4. The first-order chi connectivity index (χ1) is 17.4. The summed E-state index contributed by atoms with van der Waals surface area (Å²) < 4.78 is 0. The number of imidazole rings is 1. The fourth-order valence-electron chi connectivity index (χ4n) is 4.35. The molecule has 4 aromatic rings. The van der Waals surface area contributed by atoms with Crippen LogP contribution in [0.3, 0.4) is 0 Å². The van der Waals surface area contributed by atoms with Crippen LogP contribution in [0.1, 0.15) is 64.4 Å². The minimum Gasteiger partial charge on any atom is -0.352 e. The van der Waals surface area contributed by atoms with Crippen LogP contribution in [0.4, 0.5) is 0 Å². The average Bonchev–Trinajstić information content (AvgIpc) is 3.27. The molecule has 0 atom stereocenters. The number of hydrogen-bond donors (Lipinski definition) is 2. The fourth-order valence-corrected chi connectivity index (χ4v) is 4.35. The lowest BCUT2D eigenvalue weighted by molar-refractivity contribution is 0.0742. The summed E-state index contributed by atoms with van der Waals surface area (Å²) in [7, 11) is 0. The number of aryl methyl sites for hydroxylation is 2. The summed E-state index contributed by atoms with van der Waals surface area (Å²) in [5.41, 5.74) is 7.60. The Kier molecular flexibility index (Phi) is 7.84. The number of hydrogen-bond acceptors (Lipinski definition) is 3. The van der Waals surface area contributed by atoms with Gasteiger partial charge in [0.2, 0.25) is 0 Å². The van der Waals surface area contributed by atoms with Crippen molar-refractivity contribution in [3.05, 3.63) is 88.7 Å². The molecule has 0 saturated heterocycles. The molecular weight excluding hydrogens is 448 g/mol. The van der Waals surface area contributed by atoms with Gasteiger partial charge in [-0.15, -0.1) is 0 Å². The van der Waals surface area contributed by atoms with Crippen molar-refractivity contribution in [1.29, 1.82) is 0 Å². The van der Waals surface area contributed by atoms with E-state index in [1.54, 1.807) is 24.3 Å². The number of H-pyrrole nitrogens is 1. The maximum atomic E-state index is 13.4. The zero-order valence-corrected chi connectivity index (χ0v) is 21.5. The van der Waals surface area contributed by atoms with E-state index in [2.05, 4.69) is 59.5 Å². The molecule has 6 nitrogen and oxygen atoms in total. The number of aromatic amines is 1. The molecule has 1 aromatic heterocycles. The number of nitrogens with zero attached hydrogens (tertiary/aromatic N) is 2. The standard InChI is InChI=1S/C30H34N4O2/c1-5-15-31-29(35)22-9-11-23(12-10-22)30(36)34(16-6-2)19-26-17-24(8-7-20(26)3)25-13-14-27-28(18-25)33-21(4)32-27/h7-14,17-18H,5-6,15-16,19H2,1-4H3,(H,31,35)(H,32,33). The molecule has 4 rings (SSSR count). The van der Waals surface area contributed by atoms with Gasteiger partial charge < -0.3 is 15.2 Å². The Morgan fingerprint density at radius 2 is 1.58 bits per heavy atom. The second-order valence-corrected chi connectivity index (χ2v) is 9.26. The first-order valence-corrected chi connectivity index (χ1v) is 12.6. The number of rotatable bonds is 9. The molecule has 3 aromatic carbocycles. The van der Waals surface area contributed by atoms with Crippen molar-refractivity contribution in [2.24, 2.45) is 0 Å². The Morgan fingerprint density at radius 1 is 0.889 bits per heavy atom. The van der Waals surface area contributed by atoms with Crippen LogP contribution < -0.4 is 5.32 Å². The summed E-state index contributed by atoms with van der Waals surface area (Å²) in [6.45, 7) is 9.94. The lowest BCUT2D eigenvalue weighted by Crippen LogP contribution is -2.31. The Bertz CT molecular complexity index is 1370. The van der Waals surface area contributed by atoms with Crippen molar-refractivity contribution in [2.45, 2.75) is 47.1 Å². The molecule has 0 unspecified atom stereocenters. The van der Waals surface area contributed by atoms with Crippen molar-refractivity contribution >= 4 is 22.8 Å². The molecule has 0 bridgehead atoms. The number of fused-ring (bicyclic) bond motifs is 1. The number of amides is 2. The molecule has 0 radical (unpaired) electrons. The van der Waals surface area contributed by atoms with Gasteiger partial charge in [0, 0.05) is 30.8 Å². The van der Waals surface area contributed by atoms with Crippen molar-refractivity contribution in [1.82, 2.24) is 20.2 Å². The van der Waals surface area contributed by atoms with Crippen LogP contribution in [0.15, 0.2) is 60.7 Å². The minimum absolute atomic E-state index is 0.0310. The topological polar surface area (TPSA) is 78.1 Å². The number of nitrogens with one attached hydrogen (secondary N) is 2. The van der Waals surface area contributed by atoms with Crippen LogP contribution in [0.25, 0.3) is 22.2 Å². The number of carbonyl (C=O) groups excluding carboxylic acids is 2. The van der Waals surface area contributed by atoms with Crippen LogP contribution in [0, 0.1) is 13.8 Å². The Hall–Kier alpha value is -3.93. The molecule has 1 heterocycles. The van der Waals surface area contributed by atoms with E-state index in [4.69, 9.17) is 0 Å².